The summed E-state index contributed by atoms with van der Waals surface area (Å²) < 4.78 is 40.2. The van der Waals surface area contributed by atoms with E-state index in [4.69, 9.17) is 10.2 Å². The first-order valence-corrected chi connectivity index (χ1v) is 3.85. The third-order valence-electron chi connectivity index (χ3n) is 1.65. The van der Waals surface area contributed by atoms with E-state index in [1.807, 2.05) is 0 Å². The second kappa shape index (κ2) is 3.83. The largest absolute Gasteiger partial charge is 0.468 e. The molecule has 74 valence electrons. The first-order chi connectivity index (χ1) is 5.99. The van der Waals surface area contributed by atoms with Gasteiger partial charge in [-0.3, -0.25) is 0 Å². The Labute approximate surface area is 73.5 Å². The summed E-state index contributed by atoms with van der Waals surface area (Å²) in [6.07, 6.45) is -3.78. The predicted molar refractivity (Wildman–Crippen MR) is 40.9 cm³/mol. The van der Waals surface area contributed by atoms with Crippen LogP contribution in [-0.2, 0) is 0 Å². The Kier molecular flexibility index (Phi) is 2.98. The van der Waals surface area contributed by atoms with Crippen LogP contribution < -0.4 is 5.73 Å². The molecular formula is C8H10F3NO. The molecule has 0 amide bonds. The molecule has 0 aliphatic heterocycles. The van der Waals surface area contributed by atoms with Crippen molar-refractivity contribution in [2.75, 3.05) is 0 Å². The zero-order valence-corrected chi connectivity index (χ0v) is 6.84. The summed E-state index contributed by atoms with van der Waals surface area (Å²) >= 11 is 0. The van der Waals surface area contributed by atoms with Gasteiger partial charge in [-0.1, -0.05) is 0 Å². The Balaban J connectivity index is 2.39. The van der Waals surface area contributed by atoms with Crippen molar-refractivity contribution in [2.24, 2.45) is 5.73 Å². The number of rotatable bonds is 3. The Morgan fingerprint density at radius 2 is 2.15 bits per heavy atom. The summed E-state index contributed by atoms with van der Waals surface area (Å²) in [5.74, 6) is 0.393. The number of nitrogens with two attached hydrogens (primary N) is 1. The molecule has 0 aliphatic carbocycles. The van der Waals surface area contributed by atoms with Crippen molar-refractivity contribution in [3.63, 3.8) is 0 Å². The zero-order valence-electron chi connectivity index (χ0n) is 6.84. The highest BCUT2D eigenvalue weighted by Crippen LogP contribution is 2.26. The summed E-state index contributed by atoms with van der Waals surface area (Å²) in [6, 6.07) is 2.50. The summed E-state index contributed by atoms with van der Waals surface area (Å²) in [7, 11) is 0. The second-order valence-corrected chi connectivity index (χ2v) is 2.78. The van der Waals surface area contributed by atoms with Crippen LogP contribution in [0, 0.1) is 0 Å². The quantitative estimate of drug-likeness (QED) is 0.801. The van der Waals surface area contributed by atoms with Gasteiger partial charge in [0.1, 0.15) is 5.76 Å². The van der Waals surface area contributed by atoms with Gasteiger partial charge in [0.2, 0.25) is 0 Å². The Bertz CT molecular complexity index is 242. The van der Waals surface area contributed by atoms with Gasteiger partial charge in [0.15, 0.2) is 0 Å². The number of hydrogen-bond acceptors (Lipinski definition) is 2. The van der Waals surface area contributed by atoms with Gasteiger partial charge in [-0.05, 0) is 18.6 Å². The topological polar surface area (TPSA) is 39.2 Å². The molecule has 1 atom stereocenters. The van der Waals surface area contributed by atoms with Crippen molar-refractivity contribution in [3.05, 3.63) is 24.2 Å². The lowest BCUT2D eigenvalue weighted by molar-refractivity contribution is -0.136. The van der Waals surface area contributed by atoms with Crippen LogP contribution >= 0.6 is 0 Å². The molecule has 0 aromatic carbocycles. The summed E-state index contributed by atoms with van der Waals surface area (Å²) in [5, 5.41) is 0. The van der Waals surface area contributed by atoms with Crippen molar-refractivity contribution < 1.29 is 17.6 Å². The lowest BCUT2D eigenvalue weighted by atomic mass is 10.1. The van der Waals surface area contributed by atoms with Gasteiger partial charge in [-0.25, -0.2) is 0 Å². The number of hydrogen-bond donors (Lipinski definition) is 1. The van der Waals surface area contributed by atoms with E-state index >= 15 is 0 Å². The Hall–Kier alpha value is -0.970. The van der Waals surface area contributed by atoms with Crippen LogP contribution in [-0.4, -0.2) is 6.18 Å². The monoisotopic (exact) mass is 193 g/mol. The van der Waals surface area contributed by atoms with Crippen LogP contribution in [0.2, 0.25) is 0 Å². The normalized spacial score (nSPS) is 14.5. The molecule has 0 bridgehead atoms. The average molecular weight is 193 g/mol. The van der Waals surface area contributed by atoms with Gasteiger partial charge in [0.25, 0.3) is 0 Å². The lowest BCUT2D eigenvalue weighted by Crippen LogP contribution is -2.15. The minimum Gasteiger partial charge on any atom is -0.468 e. The van der Waals surface area contributed by atoms with Crippen molar-refractivity contribution in [1.29, 1.82) is 0 Å². The van der Waals surface area contributed by atoms with E-state index < -0.39 is 18.6 Å². The highest BCUT2D eigenvalue weighted by molar-refractivity contribution is 5.03. The highest BCUT2D eigenvalue weighted by atomic mass is 19.4. The summed E-state index contributed by atoms with van der Waals surface area (Å²) in [5.41, 5.74) is 5.45. The van der Waals surface area contributed by atoms with Crippen molar-refractivity contribution >= 4 is 0 Å². The SMILES string of the molecule is N[C@@H](CCC(F)(F)F)c1ccco1. The molecule has 0 saturated heterocycles. The molecule has 0 aliphatic rings. The molecule has 0 saturated carbocycles. The molecule has 0 spiro atoms. The van der Waals surface area contributed by atoms with Crippen molar-refractivity contribution in [2.45, 2.75) is 25.1 Å². The Morgan fingerprint density at radius 1 is 1.46 bits per heavy atom. The Morgan fingerprint density at radius 3 is 2.62 bits per heavy atom. The van der Waals surface area contributed by atoms with Crippen molar-refractivity contribution in [1.82, 2.24) is 0 Å². The first-order valence-electron chi connectivity index (χ1n) is 3.85. The van der Waals surface area contributed by atoms with E-state index in [1.165, 1.54) is 6.26 Å². The smallest absolute Gasteiger partial charge is 0.389 e. The van der Waals surface area contributed by atoms with Crippen LogP contribution in [0.25, 0.3) is 0 Å². The maximum absolute atomic E-state index is 11.8. The molecule has 2 nitrogen and oxygen atoms in total. The average Bonchev–Trinajstić information content (AvgIpc) is 2.50. The van der Waals surface area contributed by atoms with Crippen LogP contribution in [0.5, 0.6) is 0 Å². The molecule has 1 aromatic rings. The van der Waals surface area contributed by atoms with Gasteiger partial charge in [-0.15, -0.1) is 0 Å². The molecule has 0 unspecified atom stereocenters. The molecule has 13 heavy (non-hydrogen) atoms. The molecule has 1 rings (SSSR count). The van der Waals surface area contributed by atoms with Gasteiger partial charge in [0.05, 0.1) is 12.3 Å². The third-order valence-corrected chi connectivity index (χ3v) is 1.65. The molecule has 0 fully saturated rings. The predicted octanol–water partition coefficient (Wildman–Crippen LogP) is 2.62. The molecule has 0 radical (unpaired) electrons. The summed E-state index contributed by atoms with van der Waals surface area (Å²) in [6.45, 7) is 0. The fourth-order valence-corrected chi connectivity index (χ4v) is 0.964. The minimum absolute atomic E-state index is 0.142. The maximum atomic E-state index is 11.8. The number of halogens is 3. The van der Waals surface area contributed by atoms with Gasteiger partial charge < -0.3 is 10.2 Å². The van der Waals surface area contributed by atoms with Crippen LogP contribution in [0.1, 0.15) is 24.6 Å². The van der Waals surface area contributed by atoms with Gasteiger partial charge in [0, 0.05) is 6.42 Å². The van der Waals surface area contributed by atoms with E-state index in [9.17, 15) is 13.2 Å². The molecule has 5 heteroatoms. The molecule has 1 aromatic heterocycles. The highest BCUT2D eigenvalue weighted by Gasteiger charge is 2.28. The number of alkyl halides is 3. The fourth-order valence-electron chi connectivity index (χ4n) is 0.964. The summed E-state index contributed by atoms with van der Waals surface area (Å²) in [4.78, 5) is 0. The lowest BCUT2D eigenvalue weighted by Gasteiger charge is -2.10. The minimum atomic E-state index is -4.15. The standard InChI is InChI=1S/C8H10F3NO/c9-8(10,11)4-3-6(12)7-2-1-5-13-7/h1-2,5-6H,3-4,12H2/t6-/m0/s1. The van der Waals surface area contributed by atoms with E-state index in [0.29, 0.717) is 5.76 Å². The van der Waals surface area contributed by atoms with Crippen LogP contribution in [0.3, 0.4) is 0 Å². The van der Waals surface area contributed by atoms with Crippen LogP contribution in [0.15, 0.2) is 22.8 Å². The van der Waals surface area contributed by atoms with E-state index in [0.717, 1.165) is 0 Å². The van der Waals surface area contributed by atoms with E-state index in [2.05, 4.69) is 0 Å². The van der Waals surface area contributed by atoms with Gasteiger partial charge >= 0.3 is 6.18 Å². The van der Waals surface area contributed by atoms with Gasteiger partial charge in [-0.2, -0.15) is 13.2 Å². The molecular weight excluding hydrogens is 183 g/mol. The fraction of sp³-hybridized carbons (Fsp3) is 0.500. The van der Waals surface area contributed by atoms with Crippen molar-refractivity contribution in [3.8, 4) is 0 Å². The third kappa shape index (κ3) is 3.50. The van der Waals surface area contributed by atoms with Crippen LogP contribution in [0.4, 0.5) is 13.2 Å². The molecule has 1 heterocycles. The number of furan rings is 1. The maximum Gasteiger partial charge on any atom is 0.389 e. The second-order valence-electron chi connectivity index (χ2n) is 2.78. The zero-order chi connectivity index (χ0) is 9.90. The molecule has 2 N–H and O–H groups in total. The van der Waals surface area contributed by atoms with E-state index in [1.54, 1.807) is 12.1 Å². The van der Waals surface area contributed by atoms with E-state index in [-0.39, 0.29) is 6.42 Å². The first kappa shape index (κ1) is 10.1.